The highest BCUT2D eigenvalue weighted by molar-refractivity contribution is 14.1. The zero-order valence-corrected chi connectivity index (χ0v) is 16.8. The summed E-state index contributed by atoms with van der Waals surface area (Å²) in [5.41, 5.74) is 3.05. The van der Waals surface area contributed by atoms with Crippen LogP contribution >= 0.6 is 22.6 Å². The number of fused-ring (bicyclic) bond motifs is 1. The predicted octanol–water partition coefficient (Wildman–Crippen LogP) is 1.21. The maximum Gasteiger partial charge on any atom is 0.255 e. The van der Waals surface area contributed by atoms with Gasteiger partial charge < -0.3 is 20.4 Å². The number of nitrogens with zero attached hydrogens (tertiary/aromatic N) is 1. The van der Waals surface area contributed by atoms with Crippen LogP contribution in [0.25, 0.3) is 0 Å². The number of carbonyl (C=O) groups excluding carboxylic acids is 2. The van der Waals surface area contributed by atoms with Crippen LogP contribution in [0.1, 0.15) is 16.7 Å². The van der Waals surface area contributed by atoms with Gasteiger partial charge in [0, 0.05) is 23.2 Å². The molecule has 0 fully saturated rings. The summed E-state index contributed by atoms with van der Waals surface area (Å²) < 4.78 is 1.08. The largest absolute Gasteiger partial charge is 0.380 e. The molecule has 27 heavy (non-hydrogen) atoms. The highest BCUT2D eigenvalue weighted by atomic mass is 127. The van der Waals surface area contributed by atoms with E-state index in [1.165, 1.54) is 10.5 Å². The molecule has 1 aliphatic heterocycles. The Kier molecular flexibility index (Phi) is 6.46. The molecule has 2 amide bonds. The van der Waals surface area contributed by atoms with Crippen LogP contribution in [-0.2, 0) is 29.1 Å². The van der Waals surface area contributed by atoms with Crippen molar-refractivity contribution in [2.24, 2.45) is 0 Å². The Labute approximate surface area is 171 Å². The molecule has 3 rings (SSSR count). The van der Waals surface area contributed by atoms with Crippen LogP contribution in [0.2, 0.25) is 0 Å². The monoisotopic (exact) mass is 480 g/mol. The molecule has 3 N–H and O–H groups in total. The van der Waals surface area contributed by atoms with Crippen LogP contribution in [-0.4, -0.2) is 45.7 Å². The van der Waals surface area contributed by atoms with Crippen LogP contribution < -0.4 is 5.32 Å². The highest BCUT2D eigenvalue weighted by Gasteiger charge is 2.34. The summed E-state index contributed by atoms with van der Waals surface area (Å²) in [6.45, 7) is 1.03. The second kappa shape index (κ2) is 8.81. The molecular formula is C20H21IN2O4. The van der Waals surface area contributed by atoms with Gasteiger partial charge in [-0.1, -0.05) is 36.4 Å². The highest BCUT2D eigenvalue weighted by Crippen LogP contribution is 2.19. The average Bonchev–Trinajstić information content (AvgIpc) is 2.71. The van der Waals surface area contributed by atoms with E-state index >= 15 is 0 Å². The molecule has 0 saturated carbocycles. The number of carbonyl (C=O) groups is 2. The lowest BCUT2D eigenvalue weighted by atomic mass is 9.99. The summed E-state index contributed by atoms with van der Waals surface area (Å²) in [4.78, 5) is 26.1. The van der Waals surface area contributed by atoms with Crippen LogP contribution in [0.4, 0.5) is 0 Å². The van der Waals surface area contributed by atoms with Gasteiger partial charge in [0.25, 0.3) is 11.8 Å². The van der Waals surface area contributed by atoms with Gasteiger partial charge in [-0.05, 0) is 57.8 Å². The van der Waals surface area contributed by atoms with Gasteiger partial charge in [-0.2, -0.15) is 0 Å². The molecule has 1 aliphatic rings. The molecule has 142 valence electrons. The van der Waals surface area contributed by atoms with E-state index in [4.69, 9.17) is 0 Å². The molecule has 2 aromatic carbocycles. The van der Waals surface area contributed by atoms with E-state index in [9.17, 15) is 19.8 Å². The van der Waals surface area contributed by atoms with E-state index in [1.54, 1.807) is 0 Å². The summed E-state index contributed by atoms with van der Waals surface area (Å²) in [6, 6.07) is 15.3. The molecule has 0 bridgehead atoms. The van der Waals surface area contributed by atoms with Gasteiger partial charge in [0.2, 0.25) is 0 Å². The number of halogens is 1. The number of hydrogen-bond donors (Lipinski definition) is 3. The first kappa shape index (κ1) is 19.8. The molecule has 6 nitrogen and oxygen atoms in total. The van der Waals surface area contributed by atoms with Crippen LogP contribution in [0.5, 0.6) is 0 Å². The van der Waals surface area contributed by atoms with Crippen LogP contribution in [0, 0.1) is 3.57 Å². The topological polar surface area (TPSA) is 89.9 Å². The quantitative estimate of drug-likeness (QED) is 0.562. The normalized spacial score (nSPS) is 15.6. The summed E-state index contributed by atoms with van der Waals surface area (Å²) in [5.74, 6) is -1.41. The fraction of sp³-hybridized carbons (Fsp3) is 0.300. The third-order valence-electron chi connectivity index (χ3n) is 4.64. The lowest BCUT2D eigenvalue weighted by molar-refractivity contribution is -0.153. The van der Waals surface area contributed by atoms with Gasteiger partial charge >= 0.3 is 0 Å². The number of aliphatic hydroxyl groups excluding tert-OH is 2. The van der Waals surface area contributed by atoms with Crippen molar-refractivity contribution in [1.82, 2.24) is 10.2 Å². The van der Waals surface area contributed by atoms with Gasteiger partial charge in [0.15, 0.2) is 12.2 Å². The number of amides is 2. The van der Waals surface area contributed by atoms with Crippen molar-refractivity contribution >= 4 is 34.4 Å². The van der Waals surface area contributed by atoms with Crippen molar-refractivity contribution < 1.29 is 19.8 Å². The number of nitrogens with one attached hydrogen (secondary N) is 1. The van der Waals surface area contributed by atoms with E-state index in [1.807, 2.05) is 48.5 Å². The second-order valence-corrected chi connectivity index (χ2v) is 7.76. The molecule has 0 spiro atoms. The summed E-state index contributed by atoms with van der Waals surface area (Å²) in [7, 11) is 0. The molecule has 7 heteroatoms. The Bertz CT molecular complexity index is 825. The molecule has 0 aliphatic carbocycles. The van der Waals surface area contributed by atoms with Gasteiger partial charge in [-0.3, -0.25) is 9.59 Å². The minimum atomic E-state index is -1.81. The minimum absolute atomic E-state index is 0.213. The fourth-order valence-electron chi connectivity index (χ4n) is 3.05. The number of hydrogen-bond acceptors (Lipinski definition) is 4. The Morgan fingerprint density at radius 1 is 1.04 bits per heavy atom. The minimum Gasteiger partial charge on any atom is -0.380 e. The molecule has 0 radical (unpaired) electrons. The van der Waals surface area contributed by atoms with Crippen molar-refractivity contribution in [2.45, 2.75) is 31.7 Å². The maximum atomic E-state index is 12.5. The Hall–Kier alpha value is -1.97. The number of benzene rings is 2. The van der Waals surface area contributed by atoms with Crippen molar-refractivity contribution in [3.8, 4) is 0 Å². The van der Waals surface area contributed by atoms with Crippen molar-refractivity contribution in [3.63, 3.8) is 0 Å². The summed E-state index contributed by atoms with van der Waals surface area (Å²) in [5, 5.41) is 22.8. The van der Waals surface area contributed by atoms with Crippen molar-refractivity contribution in [1.29, 1.82) is 0 Å². The SMILES string of the molecule is O=C(NCc1ccc(I)cc1)[C@H](O)[C@@H](O)C(=O)N1CCc2ccccc2C1. The fourth-order valence-corrected chi connectivity index (χ4v) is 3.40. The number of rotatable bonds is 5. The molecule has 0 unspecified atom stereocenters. The molecule has 0 saturated heterocycles. The lowest BCUT2D eigenvalue weighted by Crippen LogP contribution is -2.51. The van der Waals surface area contributed by atoms with Crippen molar-refractivity contribution in [3.05, 3.63) is 68.8 Å². The van der Waals surface area contributed by atoms with Gasteiger partial charge in [-0.25, -0.2) is 0 Å². The summed E-state index contributed by atoms with van der Waals surface area (Å²) in [6.07, 6.45) is -2.91. The van der Waals surface area contributed by atoms with E-state index in [-0.39, 0.29) is 6.54 Å². The first-order valence-corrected chi connectivity index (χ1v) is 9.77. The molecule has 0 aromatic heterocycles. The Balaban J connectivity index is 1.56. The molecule has 2 atom stereocenters. The first-order valence-electron chi connectivity index (χ1n) is 8.69. The zero-order chi connectivity index (χ0) is 19.4. The maximum absolute atomic E-state index is 12.5. The van der Waals surface area contributed by atoms with Crippen molar-refractivity contribution in [2.75, 3.05) is 6.54 Å². The molecule has 2 aromatic rings. The zero-order valence-electron chi connectivity index (χ0n) is 14.6. The van der Waals surface area contributed by atoms with E-state index in [0.717, 1.165) is 14.7 Å². The predicted molar refractivity (Wildman–Crippen MR) is 109 cm³/mol. The molecular weight excluding hydrogens is 459 g/mol. The lowest BCUT2D eigenvalue weighted by Gasteiger charge is -2.31. The average molecular weight is 480 g/mol. The standard InChI is InChI=1S/C20H21IN2O4/c21-16-7-5-13(6-8-16)11-22-19(26)17(24)18(25)20(27)23-10-9-14-3-1-2-4-15(14)12-23/h1-8,17-18,24-25H,9-12H2,(H,22,26)/t17-,18-/m1/s1. The Morgan fingerprint density at radius 2 is 1.70 bits per heavy atom. The first-order chi connectivity index (χ1) is 13.0. The van der Waals surface area contributed by atoms with E-state index in [0.29, 0.717) is 19.5 Å². The smallest absolute Gasteiger partial charge is 0.255 e. The van der Waals surface area contributed by atoms with Gasteiger partial charge in [0.05, 0.1) is 0 Å². The third-order valence-corrected chi connectivity index (χ3v) is 5.36. The van der Waals surface area contributed by atoms with E-state index < -0.39 is 24.0 Å². The van der Waals surface area contributed by atoms with Crippen LogP contribution in [0.3, 0.4) is 0 Å². The molecule has 1 heterocycles. The van der Waals surface area contributed by atoms with Gasteiger partial charge in [-0.15, -0.1) is 0 Å². The number of aliphatic hydroxyl groups is 2. The Morgan fingerprint density at radius 3 is 2.41 bits per heavy atom. The van der Waals surface area contributed by atoms with Gasteiger partial charge in [0.1, 0.15) is 0 Å². The van der Waals surface area contributed by atoms with E-state index in [2.05, 4.69) is 27.9 Å². The third kappa shape index (κ3) is 4.85. The summed E-state index contributed by atoms with van der Waals surface area (Å²) >= 11 is 2.18. The second-order valence-electron chi connectivity index (χ2n) is 6.51. The van der Waals surface area contributed by atoms with Crippen LogP contribution in [0.15, 0.2) is 48.5 Å².